The molecule has 12 heavy (non-hydrogen) atoms. The van der Waals surface area contributed by atoms with Gasteiger partial charge in [-0.15, -0.1) is 0 Å². The summed E-state index contributed by atoms with van der Waals surface area (Å²) in [4.78, 5) is 6.33. The highest BCUT2D eigenvalue weighted by atomic mass is 32.1. The smallest absolute Gasteiger partial charge is 0.186 e. The molecular weight excluding hydrogens is 170 g/mol. The minimum absolute atomic E-state index is 0.786. The van der Waals surface area contributed by atoms with Crippen LogP contribution in [-0.2, 0) is 0 Å². The van der Waals surface area contributed by atoms with Gasteiger partial charge in [0.1, 0.15) is 5.00 Å². The van der Waals surface area contributed by atoms with E-state index in [0.29, 0.717) is 0 Å². The third-order valence-electron chi connectivity index (χ3n) is 1.68. The number of hydrogen-bond donors (Lipinski definition) is 1. The standard InChI is InChI=1S/C8H15N3S/c1-3-4-5-11(2)8-10-6-7(9)12-8/h6H,3-5,9H2,1-2H3. The second kappa shape index (κ2) is 4.30. The van der Waals surface area contributed by atoms with Gasteiger partial charge in [0.2, 0.25) is 0 Å². The summed E-state index contributed by atoms with van der Waals surface area (Å²) >= 11 is 1.54. The molecular formula is C8H15N3S. The Labute approximate surface area is 77.2 Å². The van der Waals surface area contributed by atoms with Crippen molar-refractivity contribution in [3.8, 4) is 0 Å². The van der Waals surface area contributed by atoms with Crippen LogP contribution < -0.4 is 10.6 Å². The van der Waals surface area contributed by atoms with Crippen LogP contribution in [0.1, 0.15) is 19.8 Å². The minimum atomic E-state index is 0.786. The lowest BCUT2D eigenvalue weighted by atomic mass is 10.3. The van der Waals surface area contributed by atoms with E-state index in [-0.39, 0.29) is 0 Å². The van der Waals surface area contributed by atoms with Crippen LogP contribution in [-0.4, -0.2) is 18.6 Å². The van der Waals surface area contributed by atoms with Crippen molar-refractivity contribution in [2.75, 3.05) is 24.2 Å². The summed E-state index contributed by atoms with van der Waals surface area (Å²) < 4.78 is 0. The van der Waals surface area contributed by atoms with Gasteiger partial charge in [0, 0.05) is 13.6 Å². The van der Waals surface area contributed by atoms with E-state index in [4.69, 9.17) is 5.73 Å². The van der Waals surface area contributed by atoms with Crippen molar-refractivity contribution in [3.63, 3.8) is 0 Å². The van der Waals surface area contributed by atoms with Crippen molar-refractivity contribution in [2.24, 2.45) is 0 Å². The predicted octanol–water partition coefficient (Wildman–Crippen LogP) is 1.96. The molecule has 68 valence electrons. The average Bonchev–Trinajstić information content (AvgIpc) is 2.47. The first-order chi connectivity index (χ1) is 5.74. The summed E-state index contributed by atoms with van der Waals surface area (Å²) in [6, 6.07) is 0. The fraction of sp³-hybridized carbons (Fsp3) is 0.625. The van der Waals surface area contributed by atoms with Crippen molar-refractivity contribution < 1.29 is 0 Å². The molecule has 4 heteroatoms. The van der Waals surface area contributed by atoms with Crippen LogP contribution in [0, 0.1) is 0 Å². The van der Waals surface area contributed by atoms with Crippen molar-refractivity contribution in [1.82, 2.24) is 4.98 Å². The molecule has 0 radical (unpaired) electrons. The number of nitrogen functional groups attached to an aromatic ring is 1. The highest BCUT2D eigenvalue weighted by molar-refractivity contribution is 7.19. The molecule has 0 saturated heterocycles. The van der Waals surface area contributed by atoms with Crippen molar-refractivity contribution in [3.05, 3.63) is 6.20 Å². The van der Waals surface area contributed by atoms with E-state index in [1.165, 1.54) is 24.2 Å². The van der Waals surface area contributed by atoms with Gasteiger partial charge in [-0.3, -0.25) is 0 Å². The van der Waals surface area contributed by atoms with Crippen molar-refractivity contribution >= 4 is 21.5 Å². The van der Waals surface area contributed by atoms with Gasteiger partial charge in [-0.1, -0.05) is 24.7 Å². The van der Waals surface area contributed by atoms with E-state index in [1.807, 2.05) is 7.05 Å². The number of unbranched alkanes of at least 4 members (excludes halogenated alkanes) is 1. The maximum atomic E-state index is 5.57. The third-order valence-corrected chi connectivity index (χ3v) is 2.63. The first-order valence-corrected chi connectivity index (χ1v) is 4.98. The lowest BCUT2D eigenvalue weighted by Crippen LogP contribution is -2.17. The molecule has 1 rings (SSSR count). The Bertz CT molecular complexity index is 234. The fourth-order valence-electron chi connectivity index (χ4n) is 0.944. The summed E-state index contributed by atoms with van der Waals surface area (Å²) in [5.41, 5.74) is 5.57. The number of rotatable bonds is 4. The Morgan fingerprint density at radius 1 is 1.67 bits per heavy atom. The fourth-order valence-corrected chi connectivity index (χ4v) is 1.61. The molecule has 0 fully saturated rings. The van der Waals surface area contributed by atoms with Gasteiger partial charge in [-0.05, 0) is 6.42 Å². The maximum absolute atomic E-state index is 5.57. The van der Waals surface area contributed by atoms with Gasteiger partial charge in [-0.25, -0.2) is 4.98 Å². The molecule has 0 aliphatic rings. The molecule has 0 aliphatic carbocycles. The molecule has 1 heterocycles. The first-order valence-electron chi connectivity index (χ1n) is 4.16. The van der Waals surface area contributed by atoms with E-state index in [0.717, 1.165) is 16.7 Å². The van der Waals surface area contributed by atoms with Crippen LogP contribution in [0.2, 0.25) is 0 Å². The quantitative estimate of drug-likeness (QED) is 0.779. The maximum Gasteiger partial charge on any atom is 0.186 e. The van der Waals surface area contributed by atoms with E-state index >= 15 is 0 Å². The van der Waals surface area contributed by atoms with Crippen LogP contribution >= 0.6 is 11.3 Å². The second-order valence-corrected chi connectivity index (χ2v) is 3.86. The van der Waals surface area contributed by atoms with E-state index in [9.17, 15) is 0 Å². The molecule has 0 unspecified atom stereocenters. The monoisotopic (exact) mass is 185 g/mol. The van der Waals surface area contributed by atoms with Crippen molar-refractivity contribution in [1.29, 1.82) is 0 Å². The predicted molar refractivity (Wildman–Crippen MR) is 54.7 cm³/mol. The molecule has 1 aromatic rings. The summed E-state index contributed by atoms with van der Waals surface area (Å²) in [7, 11) is 2.05. The zero-order chi connectivity index (χ0) is 8.97. The third kappa shape index (κ3) is 2.37. The summed E-state index contributed by atoms with van der Waals surface area (Å²) in [5.74, 6) is 0. The number of nitrogens with zero attached hydrogens (tertiary/aromatic N) is 2. The SMILES string of the molecule is CCCCN(C)c1ncc(N)s1. The molecule has 3 nitrogen and oxygen atoms in total. The van der Waals surface area contributed by atoms with E-state index < -0.39 is 0 Å². The van der Waals surface area contributed by atoms with Gasteiger partial charge >= 0.3 is 0 Å². The number of nitrogens with two attached hydrogens (primary N) is 1. The zero-order valence-corrected chi connectivity index (χ0v) is 8.40. The van der Waals surface area contributed by atoms with Crippen LogP contribution in [0.15, 0.2) is 6.20 Å². The van der Waals surface area contributed by atoms with Gasteiger partial charge in [0.25, 0.3) is 0 Å². The number of thiazole rings is 1. The largest absolute Gasteiger partial charge is 0.389 e. The number of anilines is 2. The summed E-state index contributed by atoms with van der Waals surface area (Å²) in [5, 5.41) is 1.80. The topological polar surface area (TPSA) is 42.2 Å². The van der Waals surface area contributed by atoms with Crippen LogP contribution in [0.3, 0.4) is 0 Å². The minimum Gasteiger partial charge on any atom is -0.389 e. The second-order valence-electron chi connectivity index (χ2n) is 2.82. The Kier molecular flexibility index (Phi) is 3.34. The number of aromatic nitrogens is 1. The summed E-state index contributed by atoms with van der Waals surface area (Å²) in [6.07, 6.45) is 4.13. The van der Waals surface area contributed by atoms with Gasteiger partial charge in [0.05, 0.1) is 6.20 Å². The summed E-state index contributed by atoms with van der Waals surface area (Å²) in [6.45, 7) is 3.24. The number of hydrogen-bond acceptors (Lipinski definition) is 4. The Balaban J connectivity index is 2.47. The molecule has 0 bridgehead atoms. The van der Waals surface area contributed by atoms with Crippen LogP contribution in [0.25, 0.3) is 0 Å². The molecule has 1 aromatic heterocycles. The van der Waals surface area contributed by atoms with E-state index in [1.54, 1.807) is 6.20 Å². The Morgan fingerprint density at radius 3 is 2.92 bits per heavy atom. The lowest BCUT2D eigenvalue weighted by molar-refractivity contribution is 0.765. The molecule has 0 aromatic carbocycles. The molecule has 2 N–H and O–H groups in total. The highest BCUT2D eigenvalue weighted by Gasteiger charge is 2.03. The Morgan fingerprint density at radius 2 is 2.42 bits per heavy atom. The molecule has 0 atom stereocenters. The first kappa shape index (κ1) is 9.32. The molecule has 0 amide bonds. The normalized spacial score (nSPS) is 10.2. The molecule has 0 saturated carbocycles. The molecule has 0 aliphatic heterocycles. The Hall–Kier alpha value is -0.770. The zero-order valence-electron chi connectivity index (χ0n) is 7.58. The lowest BCUT2D eigenvalue weighted by Gasteiger charge is -2.14. The van der Waals surface area contributed by atoms with Crippen LogP contribution in [0.5, 0.6) is 0 Å². The highest BCUT2D eigenvalue weighted by Crippen LogP contribution is 2.22. The van der Waals surface area contributed by atoms with Gasteiger partial charge < -0.3 is 10.6 Å². The molecule has 0 spiro atoms. The van der Waals surface area contributed by atoms with Gasteiger partial charge in [0.15, 0.2) is 5.13 Å². The van der Waals surface area contributed by atoms with E-state index in [2.05, 4.69) is 16.8 Å². The average molecular weight is 185 g/mol. The van der Waals surface area contributed by atoms with Gasteiger partial charge in [-0.2, -0.15) is 0 Å². The van der Waals surface area contributed by atoms with Crippen LogP contribution in [0.4, 0.5) is 10.1 Å². The van der Waals surface area contributed by atoms with Crippen molar-refractivity contribution in [2.45, 2.75) is 19.8 Å².